The molecule has 0 spiro atoms. The first-order valence-electron chi connectivity index (χ1n) is 9.86. The van der Waals surface area contributed by atoms with Crippen LogP contribution in [0.5, 0.6) is 6.01 Å². The fourth-order valence-electron chi connectivity index (χ4n) is 4.36. The first-order chi connectivity index (χ1) is 14.6. The number of rotatable bonds is 4. The Balaban J connectivity index is 1.44. The van der Waals surface area contributed by atoms with Gasteiger partial charge in [0.1, 0.15) is 0 Å². The van der Waals surface area contributed by atoms with E-state index < -0.39 is 0 Å². The normalized spacial score (nSPS) is 19.9. The van der Waals surface area contributed by atoms with E-state index in [9.17, 15) is 4.79 Å². The Morgan fingerprint density at radius 1 is 1.07 bits per heavy atom. The Kier molecular flexibility index (Phi) is 4.78. The second-order valence-corrected chi connectivity index (χ2v) is 8.12. The van der Waals surface area contributed by atoms with Crippen molar-refractivity contribution in [1.29, 1.82) is 0 Å². The largest absolute Gasteiger partial charge is 0.467 e. The van der Waals surface area contributed by atoms with Crippen molar-refractivity contribution in [2.24, 2.45) is 5.92 Å². The molecule has 3 aromatic rings. The Morgan fingerprint density at radius 3 is 2.70 bits per heavy atom. The molecular weight excluding hydrogens is 404 g/mol. The van der Waals surface area contributed by atoms with Crippen molar-refractivity contribution in [2.45, 2.75) is 18.9 Å². The summed E-state index contributed by atoms with van der Waals surface area (Å²) >= 11 is 5.96. The molecule has 4 heterocycles. The molecule has 1 N–H and O–H groups in total. The number of fused-ring (bicyclic) bond motifs is 4. The van der Waals surface area contributed by atoms with Gasteiger partial charge in [-0.2, -0.15) is 15.0 Å². The second kappa shape index (κ2) is 7.60. The number of pyridine rings is 1. The molecule has 8 nitrogen and oxygen atoms in total. The number of hydrogen-bond donors (Lipinski definition) is 1. The molecular formula is C21H21ClN6O2. The van der Waals surface area contributed by atoms with E-state index in [2.05, 4.69) is 25.2 Å². The van der Waals surface area contributed by atoms with Crippen LogP contribution < -0.4 is 20.5 Å². The maximum absolute atomic E-state index is 12.3. The summed E-state index contributed by atoms with van der Waals surface area (Å²) < 4.78 is 7.23. The number of nitrogens with zero attached hydrogens (tertiary/aromatic N) is 5. The summed E-state index contributed by atoms with van der Waals surface area (Å²) in [5, 5.41) is 3.85. The SMILES string of the molecule is COc1nc(Nc2ccc(Cl)cc2)nc(N2CC3CC(C2)c2cccc(=O)n2C3)n1. The van der Waals surface area contributed by atoms with Crippen LogP contribution in [0.15, 0.2) is 47.3 Å². The van der Waals surface area contributed by atoms with E-state index in [-0.39, 0.29) is 17.5 Å². The van der Waals surface area contributed by atoms with E-state index in [1.807, 2.05) is 28.8 Å². The summed E-state index contributed by atoms with van der Waals surface area (Å²) in [6.07, 6.45) is 1.07. The summed E-state index contributed by atoms with van der Waals surface area (Å²) in [5.41, 5.74) is 1.98. The van der Waals surface area contributed by atoms with Crippen LogP contribution in [0.2, 0.25) is 5.02 Å². The van der Waals surface area contributed by atoms with Crippen LogP contribution in [-0.4, -0.2) is 39.7 Å². The van der Waals surface area contributed by atoms with E-state index in [0.717, 1.165) is 37.4 Å². The third-order valence-corrected chi connectivity index (χ3v) is 5.90. The third kappa shape index (κ3) is 3.59. The standard InChI is InChI=1S/C21H21ClN6O2/c1-30-21-25-19(23-16-7-5-15(22)6-8-16)24-20(26-21)27-10-13-9-14(12-27)17-3-2-4-18(29)28(17)11-13/h2-8,13-14H,9-12H2,1H3,(H,23,24,25,26). The molecule has 2 aliphatic rings. The van der Waals surface area contributed by atoms with Crippen molar-refractivity contribution in [3.63, 3.8) is 0 Å². The minimum atomic E-state index is 0.0759. The lowest BCUT2D eigenvalue weighted by Gasteiger charge is -2.42. The van der Waals surface area contributed by atoms with Crippen LogP contribution in [-0.2, 0) is 6.54 Å². The Hall–Kier alpha value is -3.13. The summed E-state index contributed by atoms with van der Waals surface area (Å²) in [7, 11) is 1.54. The van der Waals surface area contributed by atoms with Crippen LogP contribution in [0, 0.1) is 5.92 Å². The highest BCUT2D eigenvalue weighted by atomic mass is 35.5. The van der Waals surface area contributed by atoms with E-state index in [0.29, 0.717) is 22.8 Å². The molecule has 2 atom stereocenters. The van der Waals surface area contributed by atoms with Gasteiger partial charge >= 0.3 is 6.01 Å². The van der Waals surface area contributed by atoms with Crippen LogP contribution >= 0.6 is 11.6 Å². The van der Waals surface area contributed by atoms with Crippen LogP contribution in [0.4, 0.5) is 17.6 Å². The van der Waals surface area contributed by atoms with Gasteiger partial charge in [0.2, 0.25) is 11.9 Å². The van der Waals surface area contributed by atoms with Gasteiger partial charge in [-0.3, -0.25) is 4.79 Å². The van der Waals surface area contributed by atoms with Crippen LogP contribution in [0.1, 0.15) is 18.0 Å². The predicted molar refractivity (Wildman–Crippen MR) is 115 cm³/mol. The number of anilines is 3. The quantitative estimate of drug-likeness (QED) is 0.688. The lowest BCUT2D eigenvalue weighted by molar-refractivity contribution is 0.279. The van der Waals surface area contributed by atoms with E-state index in [1.165, 1.54) is 0 Å². The minimum Gasteiger partial charge on any atom is -0.467 e. The van der Waals surface area contributed by atoms with Gasteiger partial charge in [-0.05, 0) is 42.7 Å². The molecule has 154 valence electrons. The first-order valence-corrected chi connectivity index (χ1v) is 10.2. The number of aromatic nitrogens is 4. The first kappa shape index (κ1) is 18.9. The molecule has 2 unspecified atom stereocenters. The van der Waals surface area contributed by atoms with Gasteiger partial charge < -0.3 is 19.5 Å². The number of ether oxygens (including phenoxy) is 1. The maximum atomic E-state index is 12.3. The molecule has 2 aromatic heterocycles. The van der Waals surface area contributed by atoms with Crippen LogP contribution in [0.25, 0.3) is 0 Å². The highest BCUT2D eigenvalue weighted by Crippen LogP contribution is 2.36. The van der Waals surface area contributed by atoms with Gasteiger partial charge in [-0.15, -0.1) is 0 Å². The predicted octanol–water partition coefficient (Wildman–Crippen LogP) is 3.06. The molecule has 0 radical (unpaired) electrons. The number of benzene rings is 1. The fraction of sp³-hybridized carbons (Fsp3) is 0.333. The molecule has 2 aliphatic heterocycles. The Bertz CT molecular complexity index is 1130. The van der Waals surface area contributed by atoms with E-state index in [4.69, 9.17) is 16.3 Å². The Labute approximate surface area is 178 Å². The molecule has 2 bridgehead atoms. The molecule has 1 saturated heterocycles. The summed E-state index contributed by atoms with van der Waals surface area (Å²) in [4.78, 5) is 27.9. The van der Waals surface area contributed by atoms with E-state index >= 15 is 0 Å². The molecule has 9 heteroatoms. The molecule has 0 amide bonds. The maximum Gasteiger partial charge on any atom is 0.322 e. The molecule has 0 saturated carbocycles. The molecule has 1 aromatic carbocycles. The van der Waals surface area contributed by atoms with Gasteiger partial charge in [0.15, 0.2) is 0 Å². The van der Waals surface area contributed by atoms with Gasteiger partial charge in [-0.25, -0.2) is 0 Å². The van der Waals surface area contributed by atoms with Crippen LogP contribution in [0.3, 0.4) is 0 Å². The monoisotopic (exact) mass is 424 g/mol. The number of hydrogen-bond acceptors (Lipinski definition) is 7. The zero-order valence-electron chi connectivity index (χ0n) is 16.5. The second-order valence-electron chi connectivity index (χ2n) is 7.68. The Morgan fingerprint density at radius 2 is 1.90 bits per heavy atom. The lowest BCUT2D eigenvalue weighted by atomic mass is 9.83. The summed E-state index contributed by atoms with van der Waals surface area (Å²) in [6.45, 7) is 2.25. The fourth-order valence-corrected chi connectivity index (χ4v) is 4.48. The third-order valence-electron chi connectivity index (χ3n) is 5.65. The van der Waals surface area contributed by atoms with Gasteiger partial charge in [-0.1, -0.05) is 17.7 Å². The van der Waals surface area contributed by atoms with Gasteiger partial charge in [0.05, 0.1) is 7.11 Å². The van der Waals surface area contributed by atoms with Crippen molar-refractivity contribution >= 4 is 29.2 Å². The van der Waals surface area contributed by atoms with Crippen molar-refractivity contribution in [3.8, 4) is 6.01 Å². The summed E-state index contributed by atoms with van der Waals surface area (Å²) in [6, 6.07) is 13.1. The minimum absolute atomic E-state index is 0.0759. The van der Waals surface area contributed by atoms with Crippen molar-refractivity contribution < 1.29 is 4.74 Å². The number of nitrogens with one attached hydrogen (secondary N) is 1. The molecule has 1 fully saturated rings. The average Bonchev–Trinajstić information content (AvgIpc) is 2.76. The number of methoxy groups -OCH3 is 1. The topological polar surface area (TPSA) is 85.2 Å². The van der Waals surface area contributed by atoms with Gasteiger partial charge in [0.25, 0.3) is 5.56 Å². The smallest absolute Gasteiger partial charge is 0.322 e. The van der Waals surface area contributed by atoms with Crippen molar-refractivity contribution in [2.75, 3.05) is 30.4 Å². The zero-order valence-corrected chi connectivity index (χ0v) is 17.2. The molecule has 30 heavy (non-hydrogen) atoms. The zero-order chi connectivity index (χ0) is 20.7. The number of piperidine rings is 1. The highest BCUT2D eigenvalue weighted by Gasteiger charge is 2.35. The highest BCUT2D eigenvalue weighted by molar-refractivity contribution is 6.30. The van der Waals surface area contributed by atoms with E-state index in [1.54, 1.807) is 25.3 Å². The molecule has 5 rings (SSSR count). The lowest BCUT2D eigenvalue weighted by Crippen LogP contribution is -2.47. The number of halogens is 1. The van der Waals surface area contributed by atoms with Crippen molar-refractivity contribution in [1.82, 2.24) is 19.5 Å². The summed E-state index contributed by atoms with van der Waals surface area (Å²) in [5.74, 6) is 1.61. The molecule has 0 aliphatic carbocycles. The van der Waals surface area contributed by atoms with Crippen molar-refractivity contribution in [3.05, 3.63) is 63.5 Å². The average molecular weight is 425 g/mol. The van der Waals surface area contributed by atoms with Gasteiger partial charge in [0, 0.05) is 48.0 Å².